The van der Waals surface area contributed by atoms with Gasteiger partial charge in [-0.15, -0.1) is 0 Å². The van der Waals surface area contributed by atoms with Gasteiger partial charge in [-0.1, -0.05) is 24.8 Å². The van der Waals surface area contributed by atoms with Crippen molar-refractivity contribution < 1.29 is 0 Å². The zero-order valence-corrected chi connectivity index (χ0v) is 6.20. The van der Waals surface area contributed by atoms with E-state index >= 15 is 0 Å². The van der Waals surface area contributed by atoms with Crippen LogP contribution in [-0.4, -0.2) is 5.71 Å². The van der Waals surface area contributed by atoms with Crippen LogP contribution in [0.3, 0.4) is 0 Å². The molecule has 0 aliphatic heterocycles. The van der Waals surface area contributed by atoms with Crippen molar-refractivity contribution in [1.29, 1.82) is 0 Å². The van der Waals surface area contributed by atoms with Gasteiger partial charge in [-0.2, -0.15) is 0 Å². The third-order valence-electron chi connectivity index (χ3n) is 1.35. The van der Waals surface area contributed by atoms with Crippen molar-refractivity contribution in [3.63, 3.8) is 0 Å². The predicted octanol–water partition coefficient (Wildman–Crippen LogP) is 1.54. The molecular formula is C9H10N2. The molecule has 1 aliphatic rings. The minimum absolute atomic E-state index is 0.852. The first-order valence-corrected chi connectivity index (χ1v) is 3.34. The second-order valence-electron chi connectivity index (χ2n) is 2.04. The summed E-state index contributed by atoms with van der Waals surface area (Å²) in [7, 11) is 0. The summed E-state index contributed by atoms with van der Waals surface area (Å²) in [6.45, 7) is 3.51. The molecule has 0 bridgehead atoms. The molecule has 0 radical (unpaired) electrons. The maximum atomic E-state index is 5.36. The Balaban J connectivity index is 2.97. The first-order chi connectivity index (χ1) is 5.38. The van der Waals surface area contributed by atoms with Crippen molar-refractivity contribution in [1.82, 2.24) is 0 Å². The van der Waals surface area contributed by atoms with E-state index in [1.54, 1.807) is 0 Å². The fourth-order valence-electron chi connectivity index (χ4n) is 0.844. The van der Waals surface area contributed by atoms with Crippen molar-refractivity contribution in [2.45, 2.75) is 0 Å². The number of hydrogen-bond donors (Lipinski definition) is 1. The Morgan fingerprint density at radius 1 is 1.36 bits per heavy atom. The van der Waals surface area contributed by atoms with Crippen LogP contribution in [0.15, 0.2) is 53.8 Å². The molecule has 2 N–H and O–H groups in total. The van der Waals surface area contributed by atoms with Gasteiger partial charge in [0.15, 0.2) is 0 Å². The summed E-state index contributed by atoms with van der Waals surface area (Å²) < 4.78 is 0. The van der Waals surface area contributed by atoms with Crippen LogP contribution in [0.5, 0.6) is 0 Å². The molecule has 1 rings (SSSR count). The minimum Gasteiger partial charge on any atom is -0.404 e. The highest BCUT2D eigenvalue weighted by molar-refractivity contribution is 6.11. The summed E-state index contributed by atoms with van der Waals surface area (Å²) >= 11 is 0. The van der Waals surface area contributed by atoms with Gasteiger partial charge in [0.05, 0.1) is 5.71 Å². The SMILES string of the molecule is C=C/N=C1/C=CC=C/C1=C/N. The molecule has 0 aromatic carbocycles. The number of rotatable bonds is 1. The molecular weight excluding hydrogens is 136 g/mol. The standard InChI is InChI=1S/C9H10N2/c1-2-11-9-6-4-3-5-8(9)7-10/h2-7H,1,10H2/b8-7-,11-9-. The minimum atomic E-state index is 0.852. The number of hydrogen-bond acceptors (Lipinski definition) is 2. The maximum absolute atomic E-state index is 5.36. The van der Waals surface area contributed by atoms with E-state index in [-0.39, 0.29) is 0 Å². The molecule has 0 unspecified atom stereocenters. The van der Waals surface area contributed by atoms with Gasteiger partial charge in [0, 0.05) is 18.0 Å². The van der Waals surface area contributed by atoms with Gasteiger partial charge in [-0.25, -0.2) is 0 Å². The van der Waals surface area contributed by atoms with Crippen LogP contribution in [0.4, 0.5) is 0 Å². The van der Waals surface area contributed by atoms with Crippen LogP contribution in [0.25, 0.3) is 0 Å². The lowest BCUT2D eigenvalue weighted by Gasteiger charge is -2.02. The molecule has 0 heterocycles. The molecule has 11 heavy (non-hydrogen) atoms. The lowest BCUT2D eigenvalue weighted by molar-refractivity contribution is 1.50. The summed E-state index contributed by atoms with van der Waals surface area (Å²) in [4.78, 5) is 4.03. The van der Waals surface area contributed by atoms with Gasteiger partial charge < -0.3 is 5.73 Å². The van der Waals surface area contributed by atoms with Crippen LogP contribution in [0.2, 0.25) is 0 Å². The van der Waals surface area contributed by atoms with E-state index in [1.165, 1.54) is 12.4 Å². The average molecular weight is 146 g/mol. The molecule has 0 aromatic rings. The van der Waals surface area contributed by atoms with E-state index in [0.29, 0.717) is 0 Å². The highest BCUT2D eigenvalue weighted by atomic mass is 14.7. The number of aliphatic imine (C=N–C) groups is 1. The molecule has 0 fully saturated rings. The number of nitrogens with zero attached hydrogens (tertiary/aromatic N) is 1. The van der Waals surface area contributed by atoms with Crippen molar-refractivity contribution in [2.24, 2.45) is 10.7 Å². The van der Waals surface area contributed by atoms with Gasteiger partial charge in [0.1, 0.15) is 0 Å². The van der Waals surface area contributed by atoms with Crippen LogP contribution < -0.4 is 5.73 Å². The van der Waals surface area contributed by atoms with Crippen molar-refractivity contribution >= 4 is 5.71 Å². The molecule has 56 valence electrons. The molecule has 0 atom stereocenters. The van der Waals surface area contributed by atoms with E-state index in [4.69, 9.17) is 5.73 Å². The van der Waals surface area contributed by atoms with Crippen molar-refractivity contribution in [2.75, 3.05) is 0 Å². The van der Waals surface area contributed by atoms with Crippen LogP contribution in [-0.2, 0) is 0 Å². The van der Waals surface area contributed by atoms with Crippen LogP contribution in [0, 0.1) is 0 Å². The Morgan fingerprint density at radius 2 is 2.09 bits per heavy atom. The smallest absolute Gasteiger partial charge is 0.0716 e. The molecule has 0 saturated carbocycles. The topological polar surface area (TPSA) is 38.4 Å². The van der Waals surface area contributed by atoms with Crippen molar-refractivity contribution in [3.05, 3.63) is 48.9 Å². The fraction of sp³-hybridized carbons (Fsp3) is 0. The quantitative estimate of drug-likeness (QED) is 0.598. The van der Waals surface area contributed by atoms with Crippen molar-refractivity contribution in [3.8, 4) is 0 Å². The van der Waals surface area contributed by atoms with Gasteiger partial charge in [0.25, 0.3) is 0 Å². The highest BCUT2D eigenvalue weighted by Crippen LogP contribution is 2.06. The zero-order valence-electron chi connectivity index (χ0n) is 6.20. The molecule has 0 saturated heterocycles. The molecule has 0 amide bonds. The van der Waals surface area contributed by atoms with Gasteiger partial charge in [-0.3, -0.25) is 4.99 Å². The molecule has 0 aromatic heterocycles. The third kappa shape index (κ3) is 1.67. The molecule has 0 spiro atoms. The molecule has 1 aliphatic carbocycles. The molecule has 2 nitrogen and oxygen atoms in total. The van der Waals surface area contributed by atoms with Crippen LogP contribution >= 0.6 is 0 Å². The zero-order chi connectivity index (χ0) is 8.10. The number of allylic oxidation sites excluding steroid dienone is 5. The van der Waals surface area contributed by atoms with Gasteiger partial charge >= 0.3 is 0 Å². The summed E-state index contributed by atoms with van der Waals surface area (Å²) in [5.74, 6) is 0. The highest BCUT2D eigenvalue weighted by Gasteiger charge is 2.00. The van der Waals surface area contributed by atoms with E-state index in [1.807, 2.05) is 24.3 Å². The number of nitrogens with two attached hydrogens (primary N) is 1. The Labute approximate surface area is 66.1 Å². The Hall–Kier alpha value is -1.57. The second kappa shape index (κ2) is 3.56. The van der Waals surface area contributed by atoms with E-state index < -0.39 is 0 Å². The summed E-state index contributed by atoms with van der Waals surface area (Å²) in [6.07, 6.45) is 10.7. The first-order valence-electron chi connectivity index (χ1n) is 3.34. The molecule has 2 heteroatoms. The second-order valence-corrected chi connectivity index (χ2v) is 2.04. The average Bonchev–Trinajstić information content (AvgIpc) is 2.06. The fourth-order valence-corrected chi connectivity index (χ4v) is 0.844. The maximum Gasteiger partial charge on any atom is 0.0716 e. The monoisotopic (exact) mass is 146 g/mol. The lowest BCUT2D eigenvalue weighted by atomic mass is 10.1. The lowest BCUT2D eigenvalue weighted by Crippen LogP contribution is -2.01. The normalized spacial score (nSPS) is 22.9. The third-order valence-corrected chi connectivity index (χ3v) is 1.35. The Morgan fingerprint density at radius 3 is 2.73 bits per heavy atom. The van der Waals surface area contributed by atoms with Gasteiger partial charge in [-0.05, 0) is 6.08 Å². The first kappa shape index (κ1) is 7.54. The van der Waals surface area contributed by atoms with E-state index in [9.17, 15) is 0 Å². The van der Waals surface area contributed by atoms with E-state index in [0.717, 1.165) is 11.3 Å². The van der Waals surface area contributed by atoms with Gasteiger partial charge in [0.2, 0.25) is 0 Å². The Kier molecular flexibility index (Phi) is 2.44. The summed E-state index contributed by atoms with van der Waals surface area (Å²) in [5.41, 5.74) is 7.14. The predicted molar refractivity (Wildman–Crippen MR) is 48.2 cm³/mol. The largest absolute Gasteiger partial charge is 0.404 e. The summed E-state index contributed by atoms with van der Waals surface area (Å²) in [5, 5.41) is 0. The van der Waals surface area contributed by atoms with E-state index in [2.05, 4.69) is 11.6 Å². The summed E-state index contributed by atoms with van der Waals surface area (Å²) in [6, 6.07) is 0. The van der Waals surface area contributed by atoms with Crippen LogP contribution in [0.1, 0.15) is 0 Å². The Bertz CT molecular complexity index is 267.